The largest absolute Gasteiger partial charge is 0.399 e. The number of nitriles is 1. The summed E-state index contributed by atoms with van der Waals surface area (Å²) < 4.78 is 12.4. The third-order valence-corrected chi connectivity index (χ3v) is 4.39. The van der Waals surface area contributed by atoms with Crippen molar-refractivity contribution in [2.24, 2.45) is 0 Å². The monoisotopic (exact) mass is 270 g/mol. The van der Waals surface area contributed by atoms with Crippen LogP contribution in [0, 0.1) is 18.3 Å². The minimum atomic E-state index is -1.20. The minimum absolute atomic E-state index is 0.327. The molecular formula is C15H14N2OS. The Morgan fingerprint density at radius 1 is 1.26 bits per heavy atom. The molecule has 2 aromatic rings. The normalized spacial score (nSPS) is 11.8. The van der Waals surface area contributed by atoms with Crippen LogP contribution in [-0.2, 0) is 16.6 Å². The van der Waals surface area contributed by atoms with Gasteiger partial charge in [-0.1, -0.05) is 24.3 Å². The molecule has 1 unspecified atom stereocenters. The maximum atomic E-state index is 12.4. The van der Waals surface area contributed by atoms with Crippen LogP contribution in [0.1, 0.15) is 16.7 Å². The number of aryl methyl sites for hydroxylation is 1. The van der Waals surface area contributed by atoms with Crippen LogP contribution in [0.3, 0.4) is 0 Å². The minimum Gasteiger partial charge on any atom is -0.399 e. The zero-order valence-electron chi connectivity index (χ0n) is 10.6. The zero-order valence-corrected chi connectivity index (χ0v) is 11.4. The van der Waals surface area contributed by atoms with Gasteiger partial charge in [0, 0.05) is 10.6 Å². The third-order valence-electron chi connectivity index (χ3n) is 2.88. The zero-order chi connectivity index (χ0) is 13.8. The highest BCUT2D eigenvalue weighted by Crippen LogP contribution is 2.20. The Kier molecular flexibility index (Phi) is 3.98. The molecule has 0 heterocycles. The van der Waals surface area contributed by atoms with E-state index in [1.165, 1.54) is 0 Å². The molecule has 2 aromatic carbocycles. The van der Waals surface area contributed by atoms with Crippen LogP contribution in [-0.4, -0.2) is 4.21 Å². The molecule has 0 spiro atoms. The van der Waals surface area contributed by atoms with Crippen LogP contribution in [0.4, 0.5) is 5.69 Å². The van der Waals surface area contributed by atoms with Crippen molar-refractivity contribution in [1.82, 2.24) is 0 Å². The number of anilines is 1. The molecule has 0 aliphatic rings. The second-order valence-electron chi connectivity index (χ2n) is 4.28. The van der Waals surface area contributed by atoms with Crippen molar-refractivity contribution >= 4 is 16.5 Å². The predicted molar refractivity (Wildman–Crippen MR) is 76.9 cm³/mol. The number of hydrogen-bond acceptors (Lipinski definition) is 3. The van der Waals surface area contributed by atoms with Crippen molar-refractivity contribution in [2.75, 3.05) is 5.73 Å². The van der Waals surface area contributed by atoms with Gasteiger partial charge in [-0.15, -0.1) is 0 Å². The third kappa shape index (κ3) is 3.01. The number of hydrogen-bond donors (Lipinski definition) is 1. The fourth-order valence-corrected chi connectivity index (χ4v) is 3.22. The Labute approximate surface area is 115 Å². The Bertz CT molecular complexity index is 674. The second-order valence-corrected chi connectivity index (χ2v) is 5.70. The lowest BCUT2D eigenvalue weighted by molar-refractivity contribution is 0.682. The molecule has 2 rings (SSSR count). The average Bonchev–Trinajstić information content (AvgIpc) is 2.42. The van der Waals surface area contributed by atoms with Gasteiger partial charge in [0.2, 0.25) is 0 Å². The molecule has 0 saturated carbocycles. The molecule has 0 saturated heterocycles. The Morgan fingerprint density at radius 2 is 2.00 bits per heavy atom. The second kappa shape index (κ2) is 5.68. The Hall–Kier alpha value is -2.12. The Morgan fingerprint density at radius 3 is 2.74 bits per heavy atom. The number of nitrogen functional groups attached to an aromatic ring is 1. The van der Waals surface area contributed by atoms with Crippen molar-refractivity contribution < 1.29 is 4.21 Å². The van der Waals surface area contributed by atoms with Gasteiger partial charge in [-0.25, -0.2) is 0 Å². The molecule has 0 amide bonds. The smallest absolute Gasteiger partial charge is 0.0994 e. The van der Waals surface area contributed by atoms with Crippen LogP contribution >= 0.6 is 0 Å². The summed E-state index contributed by atoms with van der Waals surface area (Å²) in [4.78, 5) is 0.729. The number of nitrogens with zero attached hydrogens (tertiary/aromatic N) is 1. The van der Waals surface area contributed by atoms with Gasteiger partial charge in [0.05, 0.1) is 28.2 Å². The Balaban J connectivity index is 2.31. The van der Waals surface area contributed by atoms with E-state index in [9.17, 15) is 4.21 Å². The summed E-state index contributed by atoms with van der Waals surface area (Å²) in [5.41, 5.74) is 8.64. The first kappa shape index (κ1) is 13.3. The molecule has 0 aromatic heterocycles. The SMILES string of the molecule is Cc1ccc(N)cc1S(=O)Cc1ccccc1C#N. The molecule has 3 nitrogen and oxygen atoms in total. The van der Waals surface area contributed by atoms with E-state index in [4.69, 9.17) is 11.0 Å². The summed E-state index contributed by atoms with van der Waals surface area (Å²) in [6, 6.07) is 14.7. The fraction of sp³-hybridized carbons (Fsp3) is 0.133. The first-order valence-electron chi connectivity index (χ1n) is 5.84. The van der Waals surface area contributed by atoms with E-state index < -0.39 is 10.8 Å². The highest BCUT2D eigenvalue weighted by molar-refractivity contribution is 7.84. The van der Waals surface area contributed by atoms with Crippen molar-refractivity contribution in [3.05, 3.63) is 59.2 Å². The summed E-state index contributed by atoms with van der Waals surface area (Å²) >= 11 is 0. The van der Waals surface area contributed by atoms with Crippen molar-refractivity contribution in [3.63, 3.8) is 0 Å². The highest BCUT2D eigenvalue weighted by atomic mass is 32.2. The molecule has 96 valence electrons. The molecule has 0 aliphatic heterocycles. The van der Waals surface area contributed by atoms with E-state index in [1.54, 1.807) is 24.3 Å². The van der Waals surface area contributed by atoms with Crippen molar-refractivity contribution in [1.29, 1.82) is 5.26 Å². The molecule has 0 aliphatic carbocycles. The van der Waals surface area contributed by atoms with Crippen LogP contribution in [0.5, 0.6) is 0 Å². The molecule has 0 radical (unpaired) electrons. The molecular weight excluding hydrogens is 256 g/mol. The van der Waals surface area contributed by atoms with Crippen LogP contribution in [0.25, 0.3) is 0 Å². The molecule has 19 heavy (non-hydrogen) atoms. The van der Waals surface area contributed by atoms with E-state index in [-0.39, 0.29) is 0 Å². The van der Waals surface area contributed by atoms with Crippen LogP contribution in [0.2, 0.25) is 0 Å². The van der Waals surface area contributed by atoms with Gasteiger partial charge in [0.15, 0.2) is 0 Å². The number of benzene rings is 2. The van der Waals surface area contributed by atoms with E-state index in [0.717, 1.165) is 16.0 Å². The first-order valence-corrected chi connectivity index (χ1v) is 7.16. The molecule has 1 atom stereocenters. The van der Waals surface area contributed by atoms with E-state index in [1.807, 2.05) is 25.1 Å². The maximum Gasteiger partial charge on any atom is 0.0994 e. The van der Waals surface area contributed by atoms with E-state index in [0.29, 0.717) is 17.0 Å². The molecule has 0 bridgehead atoms. The molecule has 0 fully saturated rings. The lowest BCUT2D eigenvalue weighted by atomic mass is 10.1. The summed E-state index contributed by atoms with van der Waals surface area (Å²) in [6.07, 6.45) is 0. The summed E-state index contributed by atoms with van der Waals surface area (Å²) in [6.45, 7) is 1.91. The summed E-state index contributed by atoms with van der Waals surface area (Å²) in [7, 11) is -1.20. The van der Waals surface area contributed by atoms with Crippen LogP contribution in [0.15, 0.2) is 47.4 Å². The van der Waals surface area contributed by atoms with Crippen molar-refractivity contribution in [3.8, 4) is 6.07 Å². The number of rotatable bonds is 3. The highest BCUT2D eigenvalue weighted by Gasteiger charge is 2.11. The maximum absolute atomic E-state index is 12.4. The first-order chi connectivity index (χ1) is 9.11. The van der Waals surface area contributed by atoms with Crippen LogP contribution < -0.4 is 5.73 Å². The van der Waals surface area contributed by atoms with Gasteiger partial charge in [-0.3, -0.25) is 4.21 Å². The fourth-order valence-electron chi connectivity index (χ4n) is 1.84. The summed E-state index contributed by atoms with van der Waals surface area (Å²) in [5.74, 6) is 0.327. The molecule has 4 heteroatoms. The van der Waals surface area contributed by atoms with E-state index >= 15 is 0 Å². The molecule has 2 N–H and O–H groups in total. The van der Waals surface area contributed by atoms with E-state index in [2.05, 4.69) is 6.07 Å². The predicted octanol–water partition coefficient (Wildman–Crippen LogP) is 2.76. The van der Waals surface area contributed by atoms with Gasteiger partial charge >= 0.3 is 0 Å². The summed E-state index contributed by atoms with van der Waals surface area (Å²) in [5, 5.41) is 9.03. The van der Waals surface area contributed by atoms with Gasteiger partial charge in [-0.05, 0) is 36.2 Å². The lowest BCUT2D eigenvalue weighted by Crippen LogP contribution is -2.01. The van der Waals surface area contributed by atoms with Gasteiger partial charge in [0.25, 0.3) is 0 Å². The van der Waals surface area contributed by atoms with Gasteiger partial charge in [-0.2, -0.15) is 5.26 Å². The van der Waals surface area contributed by atoms with Crippen molar-refractivity contribution in [2.45, 2.75) is 17.6 Å². The van der Waals surface area contributed by atoms with Gasteiger partial charge < -0.3 is 5.73 Å². The standard InChI is InChI=1S/C15H14N2OS/c1-11-6-7-14(17)8-15(11)19(18)10-13-5-3-2-4-12(13)9-16/h2-8H,10,17H2,1H3. The topological polar surface area (TPSA) is 66.9 Å². The average molecular weight is 270 g/mol. The lowest BCUT2D eigenvalue weighted by Gasteiger charge is -2.08. The number of nitrogens with two attached hydrogens (primary N) is 1. The van der Waals surface area contributed by atoms with Gasteiger partial charge in [0.1, 0.15) is 0 Å². The quantitative estimate of drug-likeness (QED) is 0.872.